The molecule has 0 aliphatic carbocycles. The Morgan fingerprint density at radius 1 is 1.35 bits per heavy atom. The third-order valence-corrected chi connectivity index (χ3v) is 5.47. The lowest BCUT2D eigenvalue weighted by atomic mass is 9.92. The van der Waals surface area contributed by atoms with Gasteiger partial charge in [-0.15, -0.1) is 12.4 Å². The fourth-order valence-electron chi connectivity index (χ4n) is 3.75. The predicted molar refractivity (Wildman–Crippen MR) is 109 cm³/mol. The molecule has 6 heteroatoms. The van der Waals surface area contributed by atoms with E-state index >= 15 is 0 Å². The summed E-state index contributed by atoms with van der Waals surface area (Å²) in [7, 11) is 1.76. The Morgan fingerprint density at radius 2 is 2.04 bits per heavy atom. The van der Waals surface area contributed by atoms with E-state index in [4.69, 9.17) is 14.5 Å². The van der Waals surface area contributed by atoms with Gasteiger partial charge in [-0.3, -0.25) is 0 Å². The van der Waals surface area contributed by atoms with Crippen LogP contribution in [0.25, 0.3) is 11.0 Å². The molecule has 1 N–H and O–H groups in total. The smallest absolute Gasteiger partial charge is 0.141 e. The number of nitrogens with one attached hydrogen (secondary N) is 1. The molecule has 2 heterocycles. The monoisotopic (exact) mass is 381 g/mol. The lowest BCUT2D eigenvalue weighted by Gasteiger charge is -2.33. The van der Waals surface area contributed by atoms with E-state index in [2.05, 4.69) is 55.8 Å². The summed E-state index contributed by atoms with van der Waals surface area (Å²) in [4.78, 5) is 4.98. The summed E-state index contributed by atoms with van der Waals surface area (Å²) in [5.74, 6) is 1.60. The molecule has 1 aromatic heterocycles. The molecular weight excluding hydrogens is 350 g/mol. The van der Waals surface area contributed by atoms with Gasteiger partial charge in [-0.2, -0.15) is 0 Å². The normalized spacial score (nSPS) is 17.1. The van der Waals surface area contributed by atoms with E-state index in [1.54, 1.807) is 7.11 Å². The van der Waals surface area contributed by atoms with Gasteiger partial charge in [0.2, 0.25) is 0 Å². The van der Waals surface area contributed by atoms with Crippen LogP contribution in [-0.2, 0) is 15.1 Å². The van der Waals surface area contributed by atoms with Crippen molar-refractivity contribution in [1.82, 2.24) is 9.55 Å². The molecule has 0 bridgehead atoms. The Hall–Kier alpha value is -1.30. The Bertz CT molecular complexity index is 723. The third-order valence-electron chi connectivity index (χ3n) is 5.47. The van der Waals surface area contributed by atoms with Crippen LogP contribution in [-0.4, -0.2) is 36.4 Å². The van der Waals surface area contributed by atoms with Crippen molar-refractivity contribution in [3.63, 3.8) is 0 Å². The highest BCUT2D eigenvalue weighted by Crippen LogP contribution is 2.36. The number of hydrogen-bond acceptors (Lipinski definition) is 4. The van der Waals surface area contributed by atoms with Gasteiger partial charge in [-0.05, 0) is 64.7 Å². The molecule has 26 heavy (non-hydrogen) atoms. The van der Waals surface area contributed by atoms with E-state index < -0.39 is 5.60 Å². The first-order valence-corrected chi connectivity index (χ1v) is 9.37. The van der Waals surface area contributed by atoms with Gasteiger partial charge in [0.05, 0.1) is 11.0 Å². The number of benzene rings is 1. The van der Waals surface area contributed by atoms with Gasteiger partial charge >= 0.3 is 0 Å². The van der Waals surface area contributed by atoms with Crippen LogP contribution in [0.2, 0.25) is 0 Å². The zero-order valence-corrected chi connectivity index (χ0v) is 17.4. The highest BCUT2D eigenvalue weighted by atomic mass is 35.5. The van der Waals surface area contributed by atoms with Crippen molar-refractivity contribution in [2.45, 2.75) is 52.2 Å². The minimum Gasteiger partial charge on any atom is -0.385 e. The van der Waals surface area contributed by atoms with Gasteiger partial charge in [-0.25, -0.2) is 4.98 Å². The van der Waals surface area contributed by atoms with E-state index in [-0.39, 0.29) is 12.4 Å². The number of rotatable bonds is 6. The molecule has 146 valence electrons. The highest BCUT2D eigenvalue weighted by Gasteiger charge is 2.32. The zero-order valence-electron chi connectivity index (χ0n) is 16.5. The van der Waals surface area contributed by atoms with Gasteiger partial charge < -0.3 is 19.4 Å². The number of imidazole rings is 1. The van der Waals surface area contributed by atoms with Crippen molar-refractivity contribution in [2.75, 3.05) is 32.2 Å². The summed E-state index contributed by atoms with van der Waals surface area (Å²) >= 11 is 0. The summed E-state index contributed by atoms with van der Waals surface area (Å²) in [6, 6.07) is 6.83. The number of hydrogen-bond donors (Lipinski definition) is 1. The fourth-order valence-corrected chi connectivity index (χ4v) is 3.75. The van der Waals surface area contributed by atoms with Crippen LogP contribution in [0.5, 0.6) is 0 Å². The molecule has 1 unspecified atom stereocenters. The summed E-state index contributed by atoms with van der Waals surface area (Å²) in [5, 5.41) is 3.38. The van der Waals surface area contributed by atoms with Crippen LogP contribution < -0.4 is 5.32 Å². The van der Waals surface area contributed by atoms with Crippen molar-refractivity contribution in [3.8, 4) is 0 Å². The molecule has 0 saturated carbocycles. The Labute approximate surface area is 162 Å². The maximum absolute atomic E-state index is 5.79. The fraction of sp³-hybridized carbons (Fsp3) is 0.650. The molecule has 1 aliphatic rings. The maximum Gasteiger partial charge on any atom is 0.141 e. The van der Waals surface area contributed by atoms with Crippen LogP contribution in [0.3, 0.4) is 0 Å². The molecule has 1 aromatic carbocycles. The quantitative estimate of drug-likeness (QED) is 0.783. The average molecular weight is 382 g/mol. The van der Waals surface area contributed by atoms with Crippen LogP contribution in [0.4, 0.5) is 5.69 Å². The van der Waals surface area contributed by atoms with Crippen LogP contribution in [0.15, 0.2) is 18.2 Å². The lowest BCUT2D eigenvalue weighted by molar-refractivity contribution is 0.00423. The number of aromatic nitrogens is 2. The third kappa shape index (κ3) is 4.00. The molecule has 0 radical (unpaired) electrons. The van der Waals surface area contributed by atoms with Crippen molar-refractivity contribution in [1.29, 1.82) is 0 Å². The zero-order chi connectivity index (χ0) is 18.0. The van der Waals surface area contributed by atoms with Gasteiger partial charge in [0.15, 0.2) is 0 Å². The largest absolute Gasteiger partial charge is 0.385 e. The van der Waals surface area contributed by atoms with Crippen LogP contribution >= 0.6 is 12.4 Å². The molecular formula is C20H32ClN3O2. The molecule has 1 fully saturated rings. The van der Waals surface area contributed by atoms with E-state index in [9.17, 15) is 0 Å². The van der Waals surface area contributed by atoms with E-state index in [0.717, 1.165) is 49.6 Å². The van der Waals surface area contributed by atoms with Gasteiger partial charge in [-0.1, -0.05) is 0 Å². The van der Waals surface area contributed by atoms with Crippen LogP contribution in [0.1, 0.15) is 52.4 Å². The molecule has 3 rings (SSSR count). The van der Waals surface area contributed by atoms with E-state index in [1.165, 1.54) is 5.52 Å². The second-order valence-corrected chi connectivity index (χ2v) is 7.44. The highest BCUT2D eigenvalue weighted by molar-refractivity contribution is 5.85. The van der Waals surface area contributed by atoms with E-state index in [1.807, 2.05) is 0 Å². The van der Waals surface area contributed by atoms with Crippen molar-refractivity contribution in [2.24, 2.45) is 5.92 Å². The number of halogens is 1. The predicted octanol–water partition coefficient (Wildman–Crippen LogP) is 4.76. The Kier molecular flexibility index (Phi) is 6.94. The first-order chi connectivity index (χ1) is 12.0. The first-order valence-electron chi connectivity index (χ1n) is 9.37. The standard InChI is InChI=1S/C20H31N3O2.ClH/c1-6-21-16-7-8-18-17(13-16)22-19(20(3,4)24-5)23(18)14(2)15-9-11-25-12-10-15;/h7-8,13-15,21H,6,9-12H2,1-5H3;1H. The second-order valence-electron chi connectivity index (χ2n) is 7.44. The maximum atomic E-state index is 5.79. The lowest BCUT2D eigenvalue weighted by Crippen LogP contribution is -2.30. The van der Waals surface area contributed by atoms with Crippen molar-refractivity contribution in [3.05, 3.63) is 24.0 Å². The summed E-state index contributed by atoms with van der Waals surface area (Å²) in [6.45, 7) is 11.2. The SMILES string of the molecule is CCNc1ccc2c(c1)nc(C(C)(C)OC)n2C(C)C1CCOCC1.Cl. The van der Waals surface area contributed by atoms with E-state index in [0.29, 0.717) is 12.0 Å². The van der Waals surface area contributed by atoms with Gasteiger partial charge in [0.1, 0.15) is 11.4 Å². The number of methoxy groups -OCH3 is 1. The summed E-state index contributed by atoms with van der Waals surface area (Å²) in [6.07, 6.45) is 2.20. The molecule has 0 amide bonds. The Balaban J connectivity index is 0.00000243. The average Bonchev–Trinajstić information content (AvgIpc) is 3.01. The minimum atomic E-state index is -0.434. The number of anilines is 1. The molecule has 5 nitrogen and oxygen atoms in total. The number of ether oxygens (including phenoxy) is 2. The number of nitrogens with zero attached hydrogens (tertiary/aromatic N) is 2. The first kappa shape index (κ1) is 21.0. The second kappa shape index (κ2) is 8.59. The molecule has 1 saturated heterocycles. The van der Waals surface area contributed by atoms with Crippen molar-refractivity contribution < 1.29 is 9.47 Å². The minimum absolute atomic E-state index is 0. The topological polar surface area (TPSA) is 48.3 Å². The molecule has 0 spiro atoms. The summed E-state index contributed by atoms with van der Waals surface area (Å²) < 4.78 is 13.7. The van der Waals surface area contributed by atoms with Crippen molar-refractivity contribution >= 4 is 29.1 Å². The molecule has 2 aromatic rings. The number of fused-ring (bicyclic) bond motifs is 1. The Morgan fingerprint density at radius 3 is 2.65 bits per heavy atom. The van der Waals surface area contributed by atoms with Gasteiger partial charge in [0.25, 0.3) is 0 Å². The molecule has 1 aliphatic heterocycles. The molecule has 1 atom stereocenters. The summed E-state index contributed by atoms with van der Waals surface area (Å²) in [5.41, 5.74) is 2.88. The van der Waals surface area contributed by atoms with Gasteiger partial charge in [0, 0.05) is 38.6 Å². The van der Waals surface area contributed by atoms with Crippen LogP contribution in [0, 0.1) is 5.92 Å².